The number of imidazole rings is 1. The molecule has 0 fully saturated rings. The maximum absolute atomic E-state index is 7.49. The van der Waals surface area contributed by atoms with Gasteiger partial charge in [-0.3, -0.25) is 0 Å². The largest absolute Gasteiger partial charge is 0.334 e. The van der Waals surface area contributed by atoms with Crippen LogP contribution in [0.1, 0.15) is 1.37 Å². The van der Waals surface area contributed by atoms with E-state index in [1.165, 1.54) is 0 Å². The van der Waals surface area contributed by atoms with Crippen molar-refractivity contribution in [2.45, 2.75) is 0 Å². The molecule has 0 aliphatic rings. The van der Waals surface area contributed by atoms with Crippen LogP contribution in [0.25, 0.3) is 11.4 Å². The van der Waals surface area contributed by atoms with Crippen LogP contribution in [-0.4, -0.2) is 9.55 Å². The Bertz CT molecular complexity index is 406. The van der Waals surface area contributed by atoms with Gasteiger partial charge in [0.15, 0.2) is 0 Å². The lowest BCUT2D eigenvalue weighted by atomic mass is 10.2. The van der Waals surface area contributed by atoms with Crippen LogP contribution in [0.3, 0.4) is 0 Å². The van der Waals surface area contributed by atoms with Crippen LogP contribution in [0.5, 0.6) is 0 Å². The Hall–Kier alpha value is -1.57. The average molecular weight is 159 g/mol. The van der Waals surface area contributed by atoms with Gasteiger partial charge in [-0.25, -0.2) is 4.98 Å². The summed E-state index contributed by atoms with van der Waals surface area (Å²) in [6.07, 6.45) is 1.99. The van der Waals surface area contributed by atoms with Crippen molar-refractivity contribution in [3.63, 3.8) is 0 Å². The molecule has 2 aromatic rings. The number of hydrogen-bond acceptors (Lipinski definition) is 1. The van der Waals surface area contributed by atoms with Gasteiger partial charge in [0.25, 0.3) is 0 Å². The van der Waals surface area contributed by atoms with Gasteiger partial charge in [0.05, 0.1) is 1.37 Å². The molecule has 0 aliphatic heterocycles. The van der Waals surface area contributed by atoms with Gasteiger partial charge in [-0.2, -0.15) is 0 Å². The molecule has 0 atom stereocenters. The molecule has 0 bridgehead atoms. The zero-order valence-electron chi connectivity index (χ0n) is 7.86. The first-order valence-electron chi connectivity index (χ1n) is 4.33. The molecule has 2 nitrogen and oxygen atoms in total. The highest BCUT2D eigenvalue weighted by Crippen LogP contribution is 2.14. The zero-order valence-corrected chi connectivity index (χ0v) is 6.86. The fourth-order valence-corrected chi connectivity index (χ4v) is 1.18. The molecule has 0 unspecified atom stereocenters. The summed E-state index contributed by atoms with van der Waals surface area (Å²) in [6.45, 7) is 0. The van der Waals surface area contributed by atoms with Crippen LogP contribution >= 0.6 is 0 Å². The van der Waals surface area contributed by atoms with Crippen LogP contribution in [0.15, 0.2) is 42.7 Å². The molecule has 1 heterocycles. The third-order valence-electron chi connectivity index (χ3n) is 1.79. The summed E-state index contributed by atoms with van der Waals surface area (Å²) in [5, 5.41) is 0. The van der Waals surface area contributed by atoms with Crippen LogP contribution in [0.4, 0.5) is 0 Å². The fraction of sp³-hybridized carbons (Fsp3) is 0.100. The maximum atomic E-state index is 7.49. The minimum atomic E-state index is 0.429. The summed E-state index contributed by atoms with van der Waals surface area (Å²) in [5.41, 5.74) is 1.04. The van der Waals surface area contributed by atoms with Crippen molar-refractivity contribution in [1.82, 2.24) is 9.55 Å². The molecule has 0 aliphatic carbocycles. The van der Waals surface area contributed by atoms with Crippen molar-refractivity contribution < 1.29 is 1.37 Å². The first kappa shape index (κ1) is 6.00. The van der Waals surface area contributed by atoms with Crippen molar-refractivity contribution in [3.05, 3.63) is 42.7 Å². The van der Waals surface area contributed by atoms with Gasteiger partial charge in [-0.1, -0.05) is 30.3 Å². The van der Waals surface area contributed by atoms with Gasteiger partial charge >= 0.3 is 0 Å². The van der Waals surface area contributed by atoms with E-state index in [0.29, 0.717) is 6.17 Å². The minimum absolute atomic E-state index is 0.429. The molecular formula is C10H10N2. The predicted molar refractivity (Wildman–Crippen MR) is 48.6 cm³/mol. The van der Waals surface area contributed by atoms with Gasteiger partial charge in [0.1, 0.15) is 5.82 Å². The first-order valence-corrected chi connectivity index (χ1v) is 3.83. The Morgan fingerprint density at radius 1 is 1.33 bits per heavy atom. The lowest BCUT2D eigenvalue weighted by Gasteiger charge is -1.99. The maximum Gasteiger partial charge on any atom is 0.139 e. The third-order valence-corrected chi connectivity index (χ3v) is 1.79. The molecule has 0 radical (unpaired) electrons. The standard InChI is InChI=1S/C10H10N2/c1-12-8-7-11-10(12)9-5-3-2-4-6-9/h2-8H,1H3/i8D. The average Bonchev–Trinajstić information content (AvgIpc) is 2.49. The number of nitrogens with zero attached hydrogens (tertiary/aromatic N) is 2. The molecule has 2 heteroatoms. The molecule has 0 spiro atoms. The van der Waals surface area contributed by atoms with E-state index in [9.17, 15) is 0 Å². The molecule has 0 N–H and O–H groups in total. The monoisotopic (exact) mass is 159 g/mol. The van der Waals surface area contributed by atoms with Crippen LogP contribution in [0.2, 0.25) is 0 Å². The van der Waals surface area contributed by atoms with E-state index in [4.69, 9.17) is 1.37 Å². The highest BCUT2D eigenvalue weighted by molar-refractivity contribution is 5.54. The predicted octanol–water partition coefficient (Wildman–Crippen LogP) is 2.09. The molecule has 2 rings (SSSR count). The van der Waals surface area contributed by atoms with Crippen molar-refractivity contribution in [1.29, 1.82) is 0 Å². The molecule has 0 saturated heterocycles. The quantitative estimate of drug-likeness (QED) is 0.623. The second-order valence-corrected chi connectivity index (χ2v) is 2.64. The minimum Gasteiger partial charge on any atom is -0.334 e. The Morgan fingerprint density at radius 3 is 2.67 bits per heavy atom. The van der Waals surface area contributed by atoms with E-state index < -0.39 is 0 Å². The van der Waals surface area contributed by atoms with E-state index in [-0.39, 0.29) is 0 Å². The van der Waals surface area contributed by atoms with E-state index in [1.807, 2.05) is 37.4 Å². The van der Waals surface area contributed by atoms with Gasteiger partial charge in [-0.05, 0) is 0 Å². The Labute approximate surface area is 72.9 Å². The Morgan fingerprint density at radius 2 is 2.08 bits per heavy atom. The van der Waals surface area contributed by atoms with Crippen LogP contribution < -0.4 is 0 Å². The normalized spacial score (nSPS) is 11.2. The molecule has 0 amide bonds. The van der Waals surface area contributed by atoms with Gasteiger partial charge in [0, 0.05) is 25.0 Å². The summed E-state index contributed by atoms with van der Waals surface area (Å²) in [6, 6.07) is 9.87. The lowest BCUT2D eigenvalue weighted by molar-refractivity contribution is 0.925. The molecule has 1 aromatic heterocycles. The molecule has 60 valence electrons. The highest BCUT2D eigenvalue weighted by Gasteiger charge is 1.99. The number of rotatable bonds is 1. The summed E-state index contributed by atoms with van der Waals surface area (Å²) < 4.78 is 9.25. The van der Waals surface area contributed by atoms with E-state index >= 15 is 0 Å². The SMILES string of the molecule is [2H]c1cnc(-c2ccccc2)n1C. The first-order chi connectivity index (χ1) is 6.29. The van der Waals surface area contributed by atoms with Gasteiger partial charge < -0.3 is 4.57 Å². The molecule has 12 heavy (non-hydrogen) atoms. The number of aromatic nitrogens is 2. The van der Waals surface area contributed by atoms with Crippen LogP contribution in [-0.2, 0) is 7.05 Å². The fourth-order valence-electron chi connectivity index (χ4n) is 1.18. The Balaban J connectivity index is 2.53. The summed E-state index contributed by atoms with van der Waals surface area (Å²) in [7, 11) is 1.84. The smallest absolute Gasteiger partial charge is 0.139 e. The zero-order chi connectivity index (χ0) is 9.26. The van der Waals surface area contributed by atoms with Crippen molar-refractivity contribution in [2.24, 2.45) is 7.05 Å². The molecular weight excluding hydrogens is 148 g/mol. The van der Waals surface area contributed by atoms with Crippen molar-refractivity contribution >= 4 is 0 Å². The van der Waals surface area contributed by atoms with Gasteiger partial charge in [0.2, 0.25) is 0 Å². The third kappa shape index (κ3) is 1.11. The highest BCUT2D eigenvalue weighted by atomic mass is 15.0. The molecule has 0 saturated carbocycles. The number of hydrogen-bond donors (Lipinski definition) is 0. The second-order valence-electron chi connectivity index (χ2n) is 2.64. The van der Waals surface area contributed by atoms with E-state index in [0.717, 1.165) is 11.4 Å². The second kappa shape index (κ2) is 2.81. The Kier molecular flexibility index (Phi) is 1.41. The van der Waals surface area contributed by atoms with Crippen molar-refractivity contribution in [2.75, 3.05) is 0 Å². The number of benzene rings is 1. The summed E-state index contributed by atoms with van der Waals surface area (Å²) in [4.78, 5) is 4.16. The topological polar surface area (TPSA) is 17.8 Å². The summed E-state index contributed by atoms with van der Waals surface area (Å²) >= 11 is 0. The van der Waals surface area contributed by atoms with Gasteiger partial charge in [-0.15, -0.1) is 0 Å². The molecule has 1 aromatic carbocycles. The van der Waals surface area contributed by atoms with E-state index in [2.05, 4.69) is 4.98 Å². The van der Waals surface area contributed by atoms with Crippen molar-refractivity contribution in [3.8, 4) is 11.4 Å². The van der Waals surface area contributed by atoms with E-state index in [1.54, 1.807) is 10.8 Å². The summed E-state index contributed by atoms with van der Waals surface area (Å²) in [5.74, 6) is 0.839. The lowest BCUT2D eigenvalue weighted by Crippen LogP contribution is -1.89. The van der Waals surface area contributed by atoms with Crippen LogP contribution in [0, 0.1) is 0 Å².